The van der Waals surface area contributed by atoms with E-state index >= 15 is 0 Å². The first-order chi connectivity index (χ1) is 9.40. The largest absolute Gasteiger partial charge is 0.295 e. The zero-order valence-electron chi connectivity index (χ0n) is 11.2. The second-order valence-electron chi connectivity index (χ2n) is 4.13. The highest BCUT2D eigenvalue weighted by atomic mass is 79.9. The van der Waals surface area contributed by atoms with Crippen LogP contribution in [0.5, 0.6) is 0 Å². The Hall–Kier alpha value is -1.26. The van der Waals surface area contributed by atoms with E-state index in [4.69, 9.17) is 0 Å². The second-order valence-corrected chi connectivity index (χ2v) is 5.96. The summed E-state index contributed by atoms with van der Waals surface area (Å²) in [5, 5.41) is 0. The molecule has 0 amide bonds. The molecule has 0 aliphatic carbocycles. The Morgan fingerprint density at radius 3 is 1.10 bits per heavy atom. The van der Waals surface area contributed by atoms with Crippen molar-refractivity contribution < 1.29 is 9.59 Å². The second kappa shape index (κ2) is 8.12. The van der Waals surface area contributed by atoms with Gasteiger partial charge in [-0.2, -0.15) is 0 Å². The smallest absolute Gasteiger partial charge is 0.159 e. The third kappa shape index (κ3) is 5.80. The molecule has 104 valence electrons. The SMILES string of the molecule is CC(=O)c1ccc(Br)cc1.CC(=O)c1ccc(Br)cc1. The third-order valence-electron chi connectivity index (χ3n) is 2.50. The first-order valence-electron chi connectivity index (χ1n) is 5.93. The molecule has 0 atom stereocenters. The monoisotopic (exact) mass is 396 g/mol. The van der Waals surface area contributed by atoms with Crippen LogP contribution in [0.25, 0.3) is 0 Å². The summed E-state index contributed by atoms with van der Waals surface area (Å²) < 4.78 is 2.00. The van der Waals surface area contributed by atoms with Crippen LogP contribution in [0.2, 0.25) is 0 Å². The fourth-order valence-corrected chi connectivity index (χ4v) is 1.90. The Balaban J connectivity index is 0.000000200. The topological polar surface area (TPSA) is 34.1 Å². The number of halogens is 2. The Kier molecular flexibility index (Phi) is 6.82. The van der Waals surface area contributed by atoms with Gasteiger partial charge in [0.25, 0.3) is 0 Å². The molecule has 2 nitrogen and oxygen atoms in total. The van der Waals surface area contributed by atoms with E-state index < -0.39 is 0 Å². The fraction of sp³-hybridized carbons (Fsp3) is 0.125. The van der Waals surface area contributed by atoms with E-state index in [2.05, 4.69) is 31.9 Å². The standard InChI is InChI=1S/2C8H7BrO/c2*1-6(10)7-2-4-8(9)5-3-7/h2*2-5H,1H3. The van der Waals surface area contributed by atoms with Gasteiger partial charge in [-0.1, -0.05) is 56.1 Å². The number of Topliss-reactive ketones (excluding diaryl/α,β-unsaturated/α-hetero) is 2. The van der Waals surface area contributed by atoms with Crippen molar-refractivity contribution in [2.45, 2.75) is 13.8 Å². The molecule has 0 aromatic heterocycles. The van der Waals surface area contributed by atoms with Crippen LogP contribution in [-0.2, 0) is 0 Å². The molecule has 0 spiro atoms. The minimum atomic E-state index is 0.104. The highest BCUT2D eigenvalue weighted by Crippen LogP contribution is 2.11. The van der Waals surface area contributed by atoms with E-state index in [1.165, 1.54) is 0 Å². The predicted molar refractivity (Wildman–Crippen MR) is 88.3 cm³/mol. The molecular weight excluding hydrogens is 384 g/mol. The fourth-order valence-electron chi connectivity index (χ4n) is 1.37. The van der Waals surface area contributed by atoms with Gasteiger partial charge in [-0.15, -0.1) is 0 Å². The van der Waals surface area contributed by atoms with Gasteiger partial charge in [0.1, 0.15) is 0 Å². The number of hydrogen-bond acceptors (Lipinski definition) is 2. The summed E-state index contributed by atoms with van der Waals surface area (Å²) in [4.78, 5) is 21.5. The molecular formula is C16H14Br2O2. The average molecular weight is 398 g/mol. The van der Waals surface area contributed by atoms with Crippen molar-refractivity contribution >= 4 is 43.4 Å². The molecule has 0 fully saturated rings. The molecule has 20 heavy (non-hydrogen) atoms. The number of carbonyl (C=O) groups excluding carboxylic acids is 2. The van der Waals surface area contributed by atoms with Crippen LogP contribution in [0, 0.1) is 0 Å². The Bertz CT molecular complexity index is 531. The summed E-state index contributed by atoms with van der Waals surface area (Å²) in [6.07, 6.45) is 0. The number of carbonyl (C=O) groups is 2. The summed E-state index contributed by atoms with van der Waals surface area (Å²) in [7, 11) is 0. The summed E-state index contributed by atoms with van der Waals surface area (Å²) in [6.45, 7) is 3.12. The van der Waals surface area contributed by atoms with E-state index in [0.717, 1.165) is 20.1 Å². The lowest BCUT2D eigenvalue weighted by molar-refractivity contribution is 0.100. The molecule has 0 aliphatic heterocycles. The van der Waals surface area contributed by atoms with E-state index in [1.807, 2.05) is 24.3 Å². The normalized spacial score (nSPS) is 9.40. The summed E-state index contributed by atoms with van der Waals surface area (Å²) >= 11 is 6.57. The summed E-state index contributed by atoms with van der Waals surface area (Å²) in [5.41, 5.74) is 1.51. The molecule has 0 saturated heterocycles. The summed E-state index contributed by atoms with van der Waals surface area (Å²) in [6, 6.07) is 14.6. The van der Waals surface area contributed by atoms with Gasteiger partial charge in [-0.3, -0.25) is 9.59 Å². The summed E-state index contributed by atoms with van der Waals surface area (Å²) in [5.74, 6) is 0.208. The van der Waals surface area contributed by atoms with Gasteiger partial charge in [-0.05, 0) is 38.1 Å². The molecule has 0 aliphatic rings. The van der Waals surface area contributed by atoms with Crippen LogP contribution in [0.3, 0.4) is 0 Å². The lowest BCUT2D eigenvalue weighted by Gasteiger charge is -1.92. The molecule has 4 heteroatoms. The molecule has 0 unspecified atom stereocenters. The van der Waals surface area contributed by atoms with Crippen LogP contribution >= 0.6 is 31.9 Å². The van der Waals surface area contributed by atoms with E-state index in [9.17, 15) is 9.59 Å². The first-order valence-corrected chi connectivity index (χ1v) is 7.51. The highest BCUT2D eigenvalue weighted by molar-refractivity contribution is 9.10. The number of benzene rings is 2. The Morgan fingerprint density at radius 1 is 0.650 bits per heavy atom. The van der Waals surface area contributed by atoms with Gasteiger partial charge in [0.2, 0.25) is 0 Å². The van der Waals surface area contributed by atoms with Gasteiger partial charge in [0.05, 0.1) is 0 Å². The van der Waals surface area contributed by atoms with Crippen LogP contribution in [0.15, 0.2) is 57.5 Å². The van der Waals surface area contributed by atoms with Gasteiger partial charge >= 0.3 is 0 Å². The van der Waals surface area contributed by atoms with Crippen LogP contribution in [0.4, 0.5) is 0 Å². The van der Waals surface area contributed by atoms with Gasteiger partial charge < -0.3 is 0 Å². The van der Waals surface area contributed by atoms with Crippen molar-refractivity contribution in [3.63, 3.8) is 0 Å². The van der Waals surface area contributed by atoms with Crippen LogP contribution in [0.1, 0.15) is 34.6 Å². The zero-order valence-corrected chi connectivity index (χ0v) is 14.4. The maximum atomic E-state index is 10.7. The highest BCUT2D eigenvalue weighted by Gasteiger charge is 1.96. The molecule has 2 rings (SSSR count). The van der Waals surface area contributed by atoms with Gasteiger partial charge in [0.15, 0.2) is 11.6 Å². The Morgan fingerprint density at radius 2 is 0.900 bits per heavy atom. The Labute approximate surface area is 135 Å². The van der Waals surface area contributed by atoms with E-state index in [1.54, 1.807) is 38.1 Å². The lowest BCUT2D eigenvalue weighted by atomic mass is 10.2. The van der Waals surface area contributed by atoms with Crippen molar-refractivity contribution in [3.8, 4) is 0 Å². The van der Waals surface area contributed by atoms with Gasteiger partial charge in [0, 0.05) is 20.1 Å². The molecule has 0 heterocycles. The molecule has 0 saturated carbocycles. The van der Waals surface area contributed by atoms with E-state index in [-0.39, 0.29) is 11.6 Å². The number of hydrogen-bond donors (Lipinski definition) is 0. The van der Waals surface area contributed by atoms with Crippen molar-refractivity contribution in [2.24, 2.45) is 0 Å². The van der Waals surface area contributed by atoms with Crippen molar-refractivity contribution in [3.05, 3.63) is 68.6 Å². The van der Waals surface area contributed by atoms with E-state index in [0.29, 0.717) is 0 Å². The molecule has 0 radical (unpaired) electrons. The molecule has 0 bridgehead atoms. The average Bonchev–Trinajstić information content (AvgIpc) is 2.40. The minimum absolute atomic E-state index is 0.104. The van der Waals surface area contributed by atoms with Gasteiger partial charge in [-0.25, -0.2) is 0 Å². The van der Waals surface area contributed by atoms with Crippen LogP contribution in [-0.4, -0.2) is 11.6 Å². The van der Waals surface area contributed by atoms with Crippen molar-refractivity contribution in [1.29, 1.82) is 0 Å². The maximum Gasteiger partial charge on any atom is 0.159 e. The zero-order chi connectivity index (χ0) is 15.1. The van der Waals surface area contributed by atoms with Crippen molar-refractivity contribution in [2.75, 3.05) is 0 Å². The quantitative estimate of drug-likeness (QED) is 0.644. The maximum absolute atomic E-state index is 10.7. The lowest BCUT2D eigenvalue weighted by Crippen LogP contribution is -1.89. The first kappa shape index (κ1) is 16.8. The molecule has 2 aromatic rings. The van der Waals surface area contributed by atoms with Crippen LogP contribution < -0.4 is 0 Å². The minimum Gasteiger partial charge on any atom is -0.295 e. The van der Waals surface area contributed by atoms with Crippen molar-refractivity contribution in [1.82, 2.24) is 0 Å². The molecule has 0 N–H and O–H groups in total. The number of rotatable bonds is 2. The molecule has 2 aromatic carbocycles. The number of ketones is 2. The third-order valence-corrected chi connectivity index (χ3v) is 3.56. The predicted octanol–water partition coefficient (Wildman–Crippen LogP) is 5.30.